The van der Waals surface area contributed by atoms with Crippen molar-refractivity contribution in [1.82, 2.24) is 0 Å². The Bertz CT molecular complexity index is 451. The number of nitro groups is 1. The lowest BCUT2D eigenvalue weighted by Crippen LogP contribution is -1.91. The van der Waals surface area contributed by atoms with Gasteiger partial charge in [-0.15, -0.1) is 0 Å². The summed E-state index contributed by atoms with van der Waals surface area (Å²) < 4.78 is 0. The van der Waals surface area contributed by atoms with Gasteiger partial charge in [-0.3, -0.25) is 14.9 Å². The molecule has 0 aliphatic rings. The number of nitrogens with zero attached hydrogens (tertiary/aromatic N) is 1. The van der Waals surface area contributed by atoms with Gasteiger partial charge in [0.25, 0.3) is 5.69 Å². The smallest absolute Gasteiger partial charge is 0.307 e. The summed E-state index contributed by atoms with van der Waals surface area (Å²) >= 11 is 0. The van der Waals surface area contributed by atoms with Crippen molar-refractivity contribution in [3.63, 3.8) is 0 Å². The number of aliphatic carboxylic acids is 1. The first-order valence-electron chi connectivity index (χ1n) is 4.64. The fourth-order valence-corrected chi connectivity index (χ4v) is 1.21. The second-order valence-corrected chi connectivity index (χ2v) is 3.30. The van der Waals surface area contributed by atoms with Crippen molar-refractivity contribution >= 4 is 17.7 Å². The summed E-state index contributed by atoms with van der Waals surface area (Å²) in [5.74, 6) is -0.931. The molecular formula is C11H11NO4. The zero-order chi connectivity index (χ0) is 12.1. The van der Waals surface area contributed by atoms with Gasteiger partial charge in [0.1, 0.15) is 0 Å². The maximum absolute atomic E-state index is 10.5. The number of carboxylic acid groups (broad SMARTS) is 1. The third kappa shape index (κ3) is 3.20. The Morgan fingerprint density at radius 3 is 2.81 bits per heavy atom. The van der Waals surface area contributed by atoms with Crippen molar-refractivity contribution < 1.29 is 14.8 Å². The van der Waals surface area contributed by atoms with Crippen LogP contribution in [-0.4, -0.2) is 16.0 Å². The number of hydrogen-bond acceptors (Lipinski definition) is 3. The van der Waals surface area contributed by atoms with E-state index in [1.807, 2.05) is 6.92 Å². The monoisotopic (exact) mass is 221 g/mol. The second kappa shape index (κ2) is 5.06. The van der Waals surface area contributed by atoms with Gasteiger partial charge in [-0.1, -0.05) is 18.2 Å². The summed E-state index contributed by atoms with van der Waals surface area (Å²) in [6.45, 7) is 1.81. The van der Waals surface area contributed by atoms with Crippen LogP contribution in [0.4, 0.5) is 5.69 Å². The van der Waals surface area contributed by atoms with E-state index in [0.29, 0.717) is 5.56 Å². The van der Waals surface area contributed by atoms with Crippen molar-refractivity contribution in [2.45, 2.75) is 13.3 Å². The normalized spacial score (nSPS) is 10.6. The molecule has 1 aromatic rings. The molecule has 0 amide bonds. The minimum absolute atomic E-state index is 0.000532. The van der Waals surface area contributed by atoms with Crippen LogP contribution in [0.3, 0.4) is 0 Å². The number of carbonyl (C=O) groups is 1. The van der Waals surface area contributed by atoms with Crippen LogP contribution in [0.2, 0.25) is 0 Å². The van der Waals surface area contributed by atoms with Crippen LogP contribution in [0, 0.1) is 17.0 Å². The first kappa shape index (κ1) is 11.9. The van der Waals surface area contributed by atoms with Crippen molar-refractivity contribution in [2.75, 3.05) is 0 Å². The molecule has 1 N–H and O–H groups in total. The fraction of sp³-hybridized carbons (Fsp3) is 0.182. The average molecular weight is 221 g/mol. The summed E-state index contributed by atoms with van der Waals surface area (Å²) in [6, 6.07) is 4.48. The predicted molar refractivity (Wildman–Crippen MR) is 59.1 cm³/mol. The number of carboxylic acids is 1. The number of rotatable bonds is 4. The Kier molecular flexibility index (Phi) is 3.77. The van der Waals surface area contributed by atoms with Gasteiger partial charge in [-0.2, -0.15) is 0 Å². The van der Waals surface area contributed by atoms with Crippen LogP contribution in [0.15, 0.2) is 24.3 Å². The highest BCUT2D eigenvalue weighted by atomic mass is 16.6. The number of benzene rings is 1. The lowest BCUT2D eigenvalue weighted by Gasteiger charge is -1.99. The molecule has 0 aliphatic carbocycles. The molecule has 0 aromatic heterocycles. The third-order valence-corrected chi connectivity index (χ3v) is 2.06. The third-order valence-electron chi connectivity index (χ3n) is 2.06. The van der Waals surface area contributed by atoms with E-state index in [1.54, 1.807) is 12.1 Å². The topological polar surface area (TPSA) is 80.4 Å². The first-order chi connectivity index (χ1) is 7.50. The van der Waals surface area contributed by atoms with Gasteiger partial charge in [0.2, 0.25) is 0 Å². The number of nitro benzene ring substituents is 1. The summed E-state index contributed by atoms with van der Waals surface area (Å²) in [7, 11) is 0. The summed E-state index contributed by atoms with van der Waals surface area (Å²) in [5.41, 5.74) is 1.53. The van der Waals surface area contributed by atoms with E-state index in [2.05, 4.69) is 0 Å². The standard InChI is InChI=1S/C11H11NO4/c1-8-5-6-10(12(15)16)7-9(8)3-2-4-11(13)14/h2-3,5-7H,4H2,1H3,(H,13,14). The maximum Gasteiger partial charge on any atom is 0.307 e. The van der Waals surface area contributed by atoms with Crippen LogP contribution in [-0.2, 0) is 4.79 Å². The molecule has 5 nitrogen and oxygen atoms in total. The van der Waals surface area contributed by atoms with E-state index in [1.165, 1.54) is 18.2 Å². The van der Waals surface area contributed by atoms with E-state index in [-0.39, 0.29) is 12.1 Å². The van der Waals surface area contributed by atoms with Crippen molar-refractivity contribution in [3.8, 4) is 0 Å². The van der Waals surface area contributed by atoms with E-state index >= 15 is 0 Å². The van der Waals surface area contributed by atoms with Gasteiger partial charge >= 0.3 is 5.97 Å². The molecule has 0 radical (unpaired) electrons. The Balaban J connectivity index is 2.94. The van der Waals surface area contributed by atoms with Crippen molar-refractivity contribution in [2.24, 2.45) is 0 Å². The van der Waals surface area contributed by atoms with Crippen molar-refractivity contribution in [3.05, 3.63) is 45.5 Å². The second-order valence-electron chi connectivity index (χ2n) is 3.30. The van der Waals surface area contributed by atoms with Crippen LogP contribution < -0.4 is 0 Å². The summed E-state index contributed by atoms with van der Waals surface area (Å²) in [5, 5.41) is 19.0. The molecule has 0 saturated heterocycles. The van der Waals surface area contributed by atoms with Gasteiger partial charge in [-0.05, 0) is 18.1 Å². The first-order valence-corrected chi connectivity index (χ1v) is 4.64. The van der Waals surface area contributed by atoms with E-state index in [9.17, 15) is 14.9 Å². The molecule has 0 saturated carbocycles. The molecule has 1 aromatic carbocycles. The van der Waals surface area contributed by atoms with Gasteiger partial charge in [0.05, 0.1) is 11.3 Å². The fourth-order valence-electron chi connectivity index (χ4n) is 1.21. The highest BCUT2D eigenvalue weighted by Gasteiger charge is 2.06. The molecule has 0 bridgehead atoms. The largest absolute Gasteiger partial charge is 0.481 e. The molecular weight excluding hydrogens is 210 g/mol. The quantitative estimate of drug-likeness (QED) is 0.625. The molecule has 0 aliphatic heterocycles. The molecule has 0 unspecified atom stereocenters. The molecule has 1 rings (SSSR count). The molecule has 5 heteroatoms. The maximum atomic E-state index is 10.5. The Hall–Kier alpha value is -2.17. The molecule has 0 heterocycles. The van der Waals surface area contributed by atoms with E-state index in [0.717, 1.165) is 5.56 Å². The van der Waals surface area contributed by atoms with E-state index in [4.69, 9.17) is 5.11 Å². The summed E-state index contributed by atoms with van der Waals surface area (Å²) in [4.78, 5) is 20.3. The molecule has 0 atom stereocenters. The lowest BCUT2D eigenvalue weighted by atomic mass is 10.1. The highest BCUT2D eigenvalue weighted by Crippen LogP contribution is 2.18. The highest BCUT2D eigenvalue weighted by molar-refractivity contribution is 5.71. The van der Waals surface area contributed by atoms with Crippen LogP contribution in [0.25, 0.3) is 6.08 Å². The van der Waals surface area contributed by atoms with Gasteiger partial charge in [0, 0.05) is 12.1 Å². The van der Waals surface area contributed by atoms with Crippen LogP contribution in [0.1, 0.15) is 17.5 Å². The molecule has 0 spiro atoms. The lowest BCUT2D eigenvalue weighted by molar-refractivity contribution is -0.384. The number of hydrogen-bond donors (Lipinski definition) is 1. The van der Waals surface area contributed by atoms with Gasteiger partial charge in [-0.25, -0.2) is 0 Å². The molecule has 84 valence electrons. The Morgan fingerprint density at radius 1 is 1.56 bits per heavy atom. The minimum atomic E-state index is -0.931. The Labute approximate surface area is 92.2 Å². The van der Waals surface area contributed by atoms with Crippen LogP contribution in [0.5, 0.6) is 0 Å². The van der Waals surface area contributed by atoms with Crippen LogP contribution >= 0.6 is 0 Å². The molecule has 16 heavy (non-hydrogen) atoms. The zero-order valence-electron chi connectivity index (χ0n) is 8.71. The SMILES string of the molecule is Cc1ccc([N+](=O)[O-])cc1C=CCC(=O)O. The number of non-ortho nitro benzene ring substituents is 1. The molecule has 0 fully saturated rings. The van der Waals surface area contributed by atoms with Crippen molar-refractivity contribution in [1.29, 1.82) is 0 Å². The number of aryl methyl sites for hydroxylation is 1. The van der Waals surface area contributed by atoms with E-state index < -0.39 is 10.9 Å². The van der Waals surface area contributed by atoms with Gasteiger partial charge in [0.15, 0.2) is 0 Å². The summed E-state index contributed by atoms with van der Waals surface area (Å²) in [6.07, 6.45) is 2.95. The Morgan fingerprint density at radius 2 is 2.25 bits per heavy atom. The zero-order valence-corrected chi connectivity index (χ0v) is 8.71. The average Bonchev–Trinajstić information content (AvgIpc) is 2.20. The minimum Gasteiger partial charge on any atom is -0.481 e. The van der Waals surface area contributed by atoms with Gasteiger partial charge < -0.3 is 5.11 Å². The predicted octanol–water partition coefficient (Wildman–Crippen LogP) is 2.39.